The van der Waals surface area contributed by atoms with Crippen LogP contribution in [0.4, 0.5) is 0 Å². The lowest BCUT2D eigenvalue weighted by atomic mass is 9.99. The second-order valence-electron chi connectivity index (χ2n) is 5.13. The topological polar surface area (TPSA) is 26.3 Å². The molecule has 0 bridgehead atoms. The maximum Gasteiger partial charge on any atom is 0.166 e. The number of rotatable bonds is 5. The van der Waals surface area contributed by atoms with Crippen molar-refractivity contribution in [3.63, 3.8) is 0 Å². The molecule has 0 saturated heterocycles. The molecule has 0 N–H and O–H groups in total. The van der Waals surface area contributed by atoms with E-state index in [2.05, 4.69) is 32.0 Å². The fraction of sp³-hybridized carbons (Fsp3) is 0.533. The Morgan fingerprint density at radius 1 is 1.29 bits per heavy atom. The first-order valence-corrected chi connectivity index (χ1v) is 6.23. The largest absolute Gasteiger partial charge is 0.373 e. The van der Waals surface area contributed by atoms with E-state index in [1.54, 1.807) is 7.11 Å². The molecular formula is C15H20O2. The molecule has 0 aromatic heterocycles. The van der Waals surface area contributed by atoms with Gasteiger partial charge in [-0.1, -0.05) is 29.3 Å². The summed E-state index contributed by atoms with van der Waals surface area (Å²) in [4.78, 5) is 12.1. The van der Waals surface area contributed by atoms with E-state index in [-0.39, 0.29) is 11.9 Å². The number of ether oxygens (including phenoxy) is 1. The molecule has 1 aromatic rings. The molecule has 2 heteroatoms. The molecule has 1 saturated carbocycles. The van der Waals surface area contributed by atoms with Crippen molar-refractivity contribution in [2.24, 2.45) is 5.92 Å². The highest BCUT2D eigenvalue weighted by molar-refractivity contribution is 5.85. The van der Waals surface area contributed by atoms with Crippen LogP contribution in [0.25, 0.3) is 0 Å². The van der Waals surface area contributed by atoms with Crippen LogP contribution >= 0.6 is 0 Å². The Morgan fingerprint density at radius 3 is 2.35 bits per heavy atom. The van der Waals surface area contributed by atoms with Gasteiger partial charge < -0.3 is 4.74 Å². The van der Waals surface area contributed by atoms with Crippen molar-refractivity contribution >= 4 is 5.78 Å². The normalized spacial score (nSPS) is 16.9. The van der Waals surface area contributed by atoms with Crippen molar-refractivity contribution in [1.29, 1.82) is 0 Å². The highest BCUT2D eigenvalue weighted by atomic mass is 16.5. The Kier molecular flexibility index (Phi) is 3.63. The predicted octanol–water partition coefficient (Wildman–Crippen LogP) is 2.84. The Hall–Kier alpha value is -1.15. The summed E-state index contributed by atoms with van der Waals surface area (Å²) in [7, 11) is 1.64. The molecule has 17 heavy (non-hydrogen) atoms. The number of carbonyl (C=O) groups is 1. The van der Waals surface area contributed by atoms with Crippen molar-refractivity contribution in [3.05, 3.63) is 34.9 Å². The Morgan fingerprint density at radius 2 is 1.88 bits per heavy atom. The Labute approximate surface area is 103 Å². The van der Waals surface area contributed by atoms with Crippen molar-refractivity contribution in [2.45, 2.75) is 39.2 Å². The molecular weight excluding hydrogens is 212 g/mol. The standard InChI is InChI=1S/C15H20O2/c1-10-6-11(2)8-12(7-10)9-14(16)15(17-3)13-4-5-13/h6-8,13,15H,4-5,9H2,1-3H3. The first kappa shape index (κ1) is 12.3. The van der Waals surface area contributed by atoms with Gasteiger partial charge in [-0.15, -0.1) is 0 Å². The minimum absolute atomic E-state index is 0.184. The van der Waals surface area contributed by atoms with E-state index in [4.69, 9.17) is 4.74 Å². The lowest BCUT2D eigenvalue weighted by Gasteiger charge is -2.13. The molecule has 0 spiro atoms. The monoisotopic (exact) mass is 232 g/mol. The maximum atomic E-state index is 12.1. The number of ketones is 1. The summed E-state index contributed by atoms with van der Waals surface area (Å²) in [5.74, 6) is 0.693. The van der Waals surface area contributed by atoms with Gasteiger partial charge in [-0.3, -0.25) is 4.79 Å². The summed E-state index contributed by atoms with van der Waals surface area (Å²) in [6, 6.07) is 6.30. The second kappa shape index (κ2) is 5.01. The molecule has 1 atom stereocenters. The number of hydrogen-bond donors (Lipinski definition) is 0. The fourth-order valence-electron chi connectivity index (χ4n) is 2.46. The van der Waals surface area contributed by atoms with Crippen LogP contribution in [-0.2, 0) is 16.0 Å². The van der Waals surface area contributed by atoms with Crippen molar-refractivity contribution < 1.29 is 9.53 Å². The minimum atomic E-state index is -0.184. The maximum absolute atomic E-state index is 12.1. The van der Waals surface area contributed by atoms with Crippen LogP contribution < -0.4 is 0 Å². The summed E-state index contributed by atoms with van der Waals surface area (Å²) < 4.78 is 5.32. The molecule has 2 rings (SSSR count). The van der Waals surface area contributed by atoms with Crippen LogP contribution in [-0.4, -0.2) is 19.0 Å². The molecule has 0 amide bonds. The van der Waals surface area contributed by atoms with E-state index in [0.29, 0.717) is 12.3 Å². The van der Waals surface area contributed by atoms with Gasteiger partial charge in [0.15, 0.2) is 5.78 Å². The zero-order valence-electron chi connectivity index (χ0n) is 10.8. The van der Waals surface area contributed by atoms with Gasteiger partial charge in [-0.2, -0.15) is 0 Å². The van der Waals surface area contributed by atoms with Gasteiger partial charge >= 0.3 is 0 Å². The van der Waals surface area contributed by atoms with E-state index in [1.807, 2.05) is 0 Å². The molecule has 1 unspecified atom stereocenters. The number of Topliss-reactive ketones (excluding diaryl/α,β-unsaturated/α-hetero) is 1. The van der Waals surface area contributed by atoms with E-state index >= 15 is 0 Å². The molecule has 92 valence electrons. The first-order chi connectivity index (χ1) is 8.10. The van der Waals surface area contributed by atoms with Crippen molar-refractivity contribution in [1.82, 2.24) is 0 Å². The van der Waals surface area contributed by atoms with Gasteiger partial charge in [-0.05, 0) is 38.2 Å². The molecule has 1 aliphatic carbocycles. The van der Waals surface area contributed by atoms with Gasteiger partial charge in [-0.25, -0.2) is 0 Å². The lowest BCUT2D eigenvalue weighted by Crippen LogP contribution is -2.26. The van der Waals surface area contributed by atoms with Gasteiger partial charge in [0.05, 0.1) is 0 Å². The number of aryl methyl sites for hydroxylation is 2. The smallest absolute Gasteiger partial charge is 0.166 e. The number of hydrogen-bond acceptors (Lipinski definition) is 2. The molecule has 1 aromatic carbocycles. The first-order valence-electron chi connectivity index (χ1n) is 6.23. The molecule has 0 radical (unpaired) electrons. The van der Waals surface area contributed by atoms with Crippen molar-refractivity contribution in [2.75, 3.05) is 7.11 Å². The molecule has 0 heterocycles. The highest BCUT2D eigenvalue weighted by Crippen LogP contribution is 2.34. The lowest BCUT2D eigenvalue weighted by molar-refractivity contribution is -0.129. The summed E-state index contributed by atoms with van der Waals surface area (Å²) in [5, 5.41) is 0. The van der Waals surface area contributed by atoms with Crippen LogP contribution in [0.5, 0.6) is 0 Å². The van der Waals surface area contributed by atoms with E-state index in [0.717, 1.165) is 18.4 Å². The third kappa shape index (κ3) is 3.16. The van der Waals surface area contributed by atoms with Crippen LogP contribution in [0, 0.1) is 19.8 Å². The van der Waals surface area contributed by atoms with Crippen molar-refractivity contribution in [3.8, 4) is 0 Å². The average molecular weight is 232 g/mol. The van der Waals surface area contributed by atoms with Crippen LogP contribution in [0.2, 0.25) is 0 Å². The number of benzene rings is 1. The molecule has 2 nitrogen and oxygen atoms in total. The molecule has 1 aliphatic rings. The SMILES string of the molecule is COC(C(=O)Cc1cc(C)cc(C)c1)C1CC1. The van der Waals surface area contributed by atoms with E-state index < -0.39 is 0 Å². The van der Waals surface area contributed by atoms with Crippen LogP contribution in [0.15, 0.2) is 18.2 Å². The predicted molar refractivity (Wildman–Crippen MR) is 68.1 cm³/mol. The van der Waals surface area contributed by atoms with Gasteiger partial charge in [0, 0.05) is 13.5 Å². The zero-order valence-corrected chi connectivity index (χ0v) is 10.8. The summed E-state index contributed by atoms with van der Waals surface area (Å²) in [5.41, 5.74) is 3.54. The molecule has 1 fully saturated rings. The quantitative estimate of drug-likeness (QED) is 0.780. The van der Waals surface area contributed by atoms with Gasteiger partial charge in [0.25, 0.3) is 0 Å². The van der Waals surface area contributed by atoms with Crippen LogP contribution in [0.3, 0.4) is 0 Å². The summed E-state index contributed by atoms with van der Waals surface area (Å²) in [6.45, 7) is 4.13. The molecule has 0 aliphatic heterocycles. The minimum Gasteiger partial charge on any atom is -0.373 e. The second-order valence-corrected chi connectivity index (χ2v) is 5.13. The van der Waals surface area contributed by atoms with Gasteiger partial charge in [0.2, 0.25) is 0 Å². The third-order valence-electron chi connectivity index (χ3n) is 3.28. The number of carbonyl (C=O) groups excluding carboxylic acids is 1. The number of methoxy groups -OCH3 is 1. The summed E-state index contributed by atoms with van der Waals surface area (Å²) >= 11 is 0. The van der Waals surface area contributed by atoms with E-state index in [9.17, 15) is 4.79 Å². The van der Waals surface area contributed by atoms with E-state index in [1.165, 1.54) is 11.1 Å². The average Bonchev–Trinajstić information content (AvgIpc) is 3.01. The Bertz CT molecular complexity index is 399. The third-order valence-corrected chi connectivity index (χ3v) is 3.28. The summed E-state index contributed by atoms with van der Waals surface area (Å²) in [6.07, 6.45) is 2.59. The highest BCUT2D eigenvalue weighted by Gasteiger charge is 2.35. The fourth-order valence-corrected chi connectivity index (χ4v) is 2.46. The zero-order chi connectivity index (χ0) is 12.4. The van der Waals surface area contributed by atoms with Gasteiger partial charge in [0.1, 0.15) is 6.10 Å². The Balaban J connectivity index is 2.06. The van der Waals surface area contributed by atoms with Crippen LogP contribution in [0.1, 0.15) is 29.5 Å².